The van der Waals surface area contributed by atoms with Crippen molar-refractivity contribution in [1.29, 1.82) is 0 Å². The average Bonchev–Trinajstić information content (AvgIpc) is 2.91. The molecule has 5 nitrogen and oxygen atoms in total. The summed E-state index contributed by atoms with van der Waals surface area (Å²) < 4.78 is 39.4. The molecule has 1 amide bonds. The van der Waals surface area contributed by atoms with E-state index in [9.17, 15) is 22.8 Å². The zero-order valence-electron chi connectivity index (χ0n) is 13.5. The van der Waals surface area contributed by atoms with Gasteiger partial charge in [-0.15, -0.1) is 0 Å². The van der Waals surface area contributed by atoms with E-state index in [1.165, 1.54) is 9.13 Å². The molecule has 1 N–H and O–H groups in total. The number of rotatable bonds is 4. The molecule has 0 saturated carbocycles. The van der Waals surface area contributed by atoms with Crippen LogP contribution in [0, 0.1) is 0 Å². The zero-order chi connectivity index (χ0) is 19.8. The van der Waals surface area contributed by atoms with Gasteiger partial charge in [-0.25, -0.2) is 4.79 Å². The number of aromatic nitrogens is 2. The van der Waals surface area contributed by atoms with Gasteiger partial charge in [0.1, 0.15) is 6.54 Å². The molecular weight excluding hydrogens is 542 g/mol. The summed E-state index contributed by atoms with van der Waals surface area (Å²) >= 11 is 4.99. The number of fused-ring (bicyclic) bond motifs is 1. The maximum absolute atomic E-state index is 13.0. The predicted molar refractivity (Wildman–Crippen MR) is 107 cm³/mol. The molecule has 0 aliphatic heterocycles. The van der Waals surface area contributed by atoms with Gasteiger partial charge in [0, 0.05) is 4.47 Å². The molecule has 1 aromatic heterocycles. The highest BCUT2D eigenvalue weighted by atomic mass is 127. The fourth-order valence-electron chi connectivity index (χ4n) is 2.62. The monoisotopic (exact) mass is 553 g/mol. The van der Waals surface area contributed by atoms with Gasteiger partial charge < -0.3 is 5.32 Å². The lowest BCUT2D eigenvalue weighted by atomic mass is 10.3. The van der Waals surface area contributed by atoms with Crippen LogP contribution in [0.2, 0.25) is 0 Å². The molecule has 27 heavy (non-hydrogen) atoms. The van der Waals surface area contributed by atoms with Crippen LogP contribution in [0.5, 0.6) is 0 Å². The summed E-state index contributed by atoms with van der Waals surface area (Å²) in [5, 5.41) is 1.82. The molecule has 142 valence electrons. The first kappa shape index (κ1) is 19.9. The van der Waals surface area contributed by atoms with Crippen molar-refractivity contribution in [2.75, 3.05) is 6.54 Å². The van der Waals surface area contributed by atoms with Crippen molar-refractivity contribution in [3.8, 4) is 5.69 Å². The van der Waals surface area contributed by atoms with Crippen molar-refractivity contribution in [3.05, 3.63) is 63.5 Å². The van der Waals surface area contributed by atoms with Crippen molar-refractivity contribution < 1.29 is 18.0 Å². The summed E-state index contributed by atoms with van der Waals surface area (Å²) in [7, 11) is 0. The molecule has 0 aliphatic carbocycles. The summed E-state index contributed by atoms with van der Waals surface area (Å²) in [5.74, 6) is -0.895. The van der Waals surface area contributed by atoms with Crippen molar-refractivity contribution in [2.45, 2.75) is 10.2 Å². The van der Waals surface area contributed by atoms with Gasteiger partial charge in [-0.2, -0.15) is 13.2 Å². The van der Waals surface area contributed by atoms with Crippen LogP contribution in [0.3, 0.4) is 0 Å². The van der Waals surface area contributed by atoms with Gasteiger partial charge in [-0.05, 0) is 59.0 Å². The van der Waals surface area contributed by atoms with Crippen LogP contribution in [0.1, 0.15) is 4.05 Å². The third-order valence-corrected chi connectivity index (χ3v) is 5.42. The van der Waals surface area contributed by atoms with Gasteiger partial charge in [0.05, 0.1) is 16.7 Å². The molecule has 0 fully saturated rings. The van der Waals surface area contributed by atoms with Gasteiger partial charge >= 0.3 is 11.9 Å². The normalized spacial score (nSPS) is 12.9. The molecule has 2 aromatic carbocycles. The zero-order valence-corrected chi connectivity index (χ0v) is 17.2. The maximum atomic E-state index is 13.0. The Morgan fingerprint density at radius 3 is 2.30 bits per heavy atom. The van der Waals surface area contributed by atoms with Crippen LogP contribution >= 0.6 is 38.5 Å². The molecule has 1 atom stereocenters. The van der Waals surface area contributed by atoms with Crippen molar-refractivity contribution in [2.24, 2.45) is 0 Å². The fraction of sp³-hybridized carbons (Fsp3) is 0.176. The van der Waals surface area contributed by atoms with Crippen molar-refractivity contribution in [1.82, 2.24) is 14.5 Å². The molecule has 3 rings (SSSR count). The fourth-order valence-corrected chi connectivity index (χ4v) is 3.64. The molecule has 0 aliphatic rings. The number of nitrogens with one attached hydrogen (secondary N) is 1. The molecule has 1 heterocycles. The molecular formula is C17H12BrF3IN3O2. The number of benzene rings is 2. The van der Waals surface area contributed by atoms with E-state index in [1.54, 1.807) is 71.1 Å². The highest BCUT2D eigenvalue weighted by Crippen LogP contribution is 2.25. The number of carbonyl (C=O) groups excluding carboxylic acids is 1. The van der Waals surface area contributed by atoms with E-state index in [-0.39, 0.29) is 0 Å². The van der Waals surface area contributed by atoms with Crippen LogP contribution in [-0.4, -0.2) is 27.8 Å². The maximum Gasteiger partial charge on any atom is 0.405 e. The first-order valence-corrected chi connectivity index (χ1v) is 9.69. The van der Waals surface area contributed by atoms with Crippen molar-refractivity contribution >= 4 is 55.5 Å². The number of imidazole rings is 1. The predicted octanol–water partition coefficient (Wildman–Crippen LogP) is 4.17. The Kier molecular flexibility index (Phi) is 5.65. The lowest BCUT2D eigenvalue weighted by Crippen LogP contribution is -2.39. The molecule has 0 spiro atoms. The minimum Gasteiger partial charge on any atom is -0.344 e. The Balaban J connectivity index is 2.09. The van der Waals surface area contributed by atoms with E-state index in [0.29, 0.717) is 16.7 Å². The van der Waals surface area contributed by atoms with E-state index < -0.39 is 28.4 Å². The second-order valence-corrected chi connectivity index (χ2v) is 7.72. The highest BCUT2D eigenvalue weighted by molar-refractivity contribution is 14.1. The Labute approximate surface area is 173 Å². The van der Waals surface area contributed by atoms with Crippen LogP contribution in [0.4, 0.5) is 13.2 Å². The Morgan fingerprint density at radius 1 is 1.11 bits per heavy atom. The van der Waals surface area contributed by atoms with Crippen LogP contribution in [0.15, 0.2) is 57.8 Å². The first-order chi connectivity index (χ1) is 12.7. The largest absolute Gasteiger partial charge is 0.405 e. The number of halogens is 5. The van der Waals surface area contributed by atoms with Gasteiger partial charge in [-0.1, -0.05) is 28.1 Å². The van der Waals surface area contributed by atoms with Gasteiger partial charge in [0.25, 0.3) is 5.91 Å². The van der Waals surface area contributed by atoms with E-state index in [1.807, 2.05) is 5.32 Å². The van der Waals surface area contributed by atoms with E-state index >= 15 is 0 Å². The van der Waals surface area contributed by atoms with Gasteiger partial charge in [0.15, 0.2) is 4.05 Å². The number of alkyl halides is 4. The molecule has 0 radical (unpaired) electrons. The lowest BCUT2D eigenvalue weighted by molar-refractivity contribution is -0.138. The van der Waals surface area contributed by atoms with Crippen LogP contribution < -0.4 is 11.0 Å². The Hall–Kier alpha value is -1.82. The second kappa shape index (κ2) is 7.66. The van der Waals surface area contributed by atoms with Crippen LogP contribution in [0.25, 0.3) is 16.7 Å². The van der Waals surface area contributed by atoms with E-state index in [0.717, 1.165) is 4.47 Å². The first-order valence-electron chi connectivity index (χ1n) is 7.65. The summed E-state index contributed by atoms with van der Waals surface area (Å²) in [6, 6.07) is 13.8. The summed E-state index contributed by atoms with van der Waals surface area (Å²) in [6.07, 6.45) is -4.53. The number of amides is 1. The number of hydrogen-bond acceptors (Lipinski definition) is 2. The smallest absolute Gasteiger partial charge is 0.344 e. The number of hydrogen-bond donors (Lipinski definition) is 1. The van der Waals surface area contributed by atoms with Crippen LogP contribution in [-0.2, 0) is 4.79 Å². The van der Waals surface area contributed by atoms with Crippen molar-refractivity contribution in [3.63, 3.8) is 0 Å². The van der Waals surface area contributed by atoms with Gasteiger partial charge in [-0.3, -0.25) is 13.9 Å². The second-order valence-electron chi connectivity index (χ2n) is 5.62. The Morgan fingerprint density at radius 2 is 1.70 bits per heavy atom. The quantitative estimate of drug-likeness (QED) is 0.389. The highest BCUT2D eigenvalue weighted by Gasteiger charge is 2.30. The van der Waals surface area contributed by atoms with E-state index in [4.69, 9.17) is 0 Å². The van der Waals surface area contributed by atoms with E-state index in [2.05, 4.69) is 15.9 Å². The third kappa shape index (κ3) is 4.21. The summed E-state index contributed by atoms with van der Waals surface area (Å²) in [5.41, 5.74) is 1.07. The summed E-state index contributed by atoms with van der Waals surface area (Å²) in [6.45, 7) is -1.45. The molecule has 1 unspecified atom stereocenters. The number of para-hydroxylation sites is 2. The summed E-state index contributed by atoms with van der Waals surface area (Å²) in [4.78, 5) is 25.2. The Bertz CT molecular complexity index is 1040. The third-order valence-electron chi connectivity index (χ3n) is 3.77. The minimum absolute atomic E-state index is 0.451. The number of carbonyl (C=O) groups is 1. The average molecular weight is 554 g/mol. The molecule has 3 aromatic rings. The number of nitrogens with zero attached hydrogens (tertiary/aromatic N) is 2. The van der Waals surface area contributed by atoms with Gasteiger partial charge in [0.2, 0.25) is 0 Å². The lowest BCUT2D eigenvalue weighted by Gasteiger charge is -2.13. The standard InChI is InChI=1S/C17H12BrF3IN3O2/c18-10-5-7-11(8-6-10)24-12-3-1-2-4-13(12)25(16(24)27)14(22)15(26)23-9-17(19,20)21/h1-8,14H,9H2,(H,23,26). The molecule has 10 heteroatoms. The minimum atomic E-state index is -4.53. The topological polar surface area (TPSA) is 56.0 Å². The molecule has 0 bridgehead atoms. The SMILES string of the molecule is O=C(NCC(F)(F)F)C(I)n1c(=O)n(-c2ccc(Br)cc2)c2ccccc21. The molecule has 0 saturated heterocycles.